The first-order chi connectivity index (χ1) is 18.1. The predicted octanol–water partition coefficient (Wildman–Crippen LogP) is 6.17. The van der Waals surface area contributed by atoms with Crippen molar-refractivity contribution < 1.29 is 9.59 Å². The number of fused-ring (bicyclic) bond motifs is 5. The first kappa shape index (κ1) is 27.6. The molecule has 2 atom stereocenters. The number of benzene rings is 1. The number of piperidine rings is 1. The number of primary amides is 1. The lowest BCUT2D eigenvalue weighted by Gasteiger charge is -2.20. The van der Waals surface area contributed by atoms with E-state index in [1.54, 1.807) is 11.1 Å². The number of nitrogens with zero attached hydrogens (tertiary/aromatic N) is 1. The molecule has 202 valence electrons. The number of carbonyl (C=O) groups excluding carboxylic acids is 2. The zero-order valence-corrected chi connectivity index (χ0v) is 22.7. The minimum absolute atomic E-state index is 0.250. The quantitative estimate of drug-likeness (QED) is 0.280. The van der Waals surface area contributed by atoms with Gasteiger partial charge in [0, 0.05) is 19.3 Å². The monoisotopic (exact) mass is 506 g/mol. The number of Topliss-reactive ketones (excluding diaryl/α,β-unsaturated/α-hetero) is 1. The van der Waals surface area contributed by atoms with E-state index >= 15 is 0 Å². The second-order valence-electron chi connectivity index (χ2n) is 11.5. The van der Waals surface area contributed by atoms with Gasteiger partial charge in [-0.1, -0.05) is 31.9 Å². The van der Waals surface area contributed by atoms with Gasteiger partial charge in [-0.25, -0.2) is 4.98 Å². The highest BCUT2D eigenvalue weighted by atomic mass is 16.1. The lowest BCUT2D eigenvalue weighted by molar-refractivity contribution is -0.118. The first-order valence-corrected chi connectivity index (χ1v) is 14.6. The molecule has 6 nitrogen and oxygen atoms in total. The summed E-state index contributed by atoms with van der Waals surface area (Å²) in [6.07, 6.45) is 19.2. The van der Waals surface area contributed by atoms with Crippen molar-refractivity contribution >= 4 is 12.2 Å². The Morgan fingerprint density at radius 2 is 1.76 bits per heavy atom. The normalized spacial score (nSPS) is 21.9. The topological polar surface area (TPSA) is 101 Å². The molecule has 37 heavy (non-hydrogen) atoms. The number of hydrogen-bond acceptors (Lipinski definition) is 4. The van der Waals surface area contributed by atoms with Gasteiger partial charge >= 0.3 is 0 Å². The fourth-order valence-corrected chi connectivity index (χ4v) is 6.43. The summed E-state index contributed by atoms with van der Waals surface area (Å²) < 4.78 is 0. The van der Waals surface area contributed by atoms with Gasteiger partial charge in [0.05, 0.1) is 11.9 Å². The average Bonchev–Trinajstić information content (AvgIpc) is 3.30. The number of amides is 1. The van der Waals surface area contributed by atoms with Gasteiger partial charge in [0.2, 0.25) is 6.41 Å². The maximum absolute atomic E-state index is 11.3. The number of unbranched alkanes of at least 4 members (excludes halogenated alkanes) is 3. The summed E-state index contributed by atoms with van der Waals surface area (Å²) in [5.41, 5.74) is 10.7. The van der Waals surface area contributed by atoms with Crippen molar-refractivity contribution in [1.82, 2.24) is 15.3 Å². The molecule has 4 aliphatic rings. The number of nitrogens with one attached hydrogen (secondary N) is 2. The van der Waals surface area contributed by atoms with Gasteiger partial charge in [0.15, 0.2) is 0 Å². The van der Waals surface area contributed by atoms with Gasteiger partial charge < -0.3 is 16.0 Å². The van der Waals surface area contributed by atoms with Crippen LogP contribution in [0.1, 0.15) is 119 Å². The molecule has 2 saturated carbocycles. The average molecular weight is 507 g/mol. The summed E-state index contributed by atoms with van der Waals surface area (Å²) in [6, 6.07) is 7.02. The molecular formula is C31H46N4O2. The SMILES string of the molecule is C1CC2(CCN1)CC2.CCC(=O)CCCCCCc1ncc(-c2ccc3c(c2)C2CCC3C2)[nH]1.NC=O. The number of nitrogens with two attached hydrogens (primary N) is 1. The summed E-state index contributed by atoms with van der Waals surface area (Å²) in [5.74, 6) is 3.11. The second-order valence-corrected chi connectivity index (χ2v) is 11.5. The maximum atomic E-state index is 11.3. The molecule has 2 aromatic rings. The van der Waals surface area contributed by atoms with Crippen LogP contribution < -0.4 is 11.1 Å². The number of aromatic nitrogens is 2. The third-order valence-corrected chi connectivity index (χ3v) is 8.97. The van der Waals surface area contributed by atoms with E-state index in [2.05, 4.69) is 39.2 Å². The van der Waals surface area contributed by atoms with Crippen molar-refractivity contribution in [3.05, 3.63) is 41.3 Å². The molecule has 4 N–H and O–H groups in total. The van der Waals surface area contributed by atoms with Crippen LogP contribution in [0.3, 0.4) is 0 Å². The number of aromatic amines is 1. The molecule has 3 aliphatic carbocycles. The summed E-state index contributed by atoms with van der Waals surface area (Å²) in [6.45, 7) is 4.50. The molecule has 6 heteroatoms. The van der Waals surface area contributed by atoms with E-state index in [1.807, 2.05) is 13.1 Å². The minimum Gasteiger partial charge on any atom is -0.372 e. The van der Waals surface area contributed by atoms with Crippen LogP contribution in [0, 0.1) is 5.41 Å². The largest absolute Gasteiger partial charge is 0.372 e. The van der Waals surface area contributed by atoms with E-state index in [1.165, 1.54) is 70.0 Å². The van der Waals surface area contributed by atoms with E-state index in [9.17, 15) is 4.79 Å². The molecule has 1 aromatic heterocycles. The highest BCUT2D eigenvalue weighted by Gasteiger charge is 2.42. The van der Waals surface area contributed by atoms with Crippen molar-refractivity contribution in [2.45, 2.75) is 109 Å². The zero-order chi connectivity index (χ0) is 26.1. The number of hydrogen-bond donors (Lipinski definition) is 3. The Bertz CT molecular complexity index is 1020. The van der Waals surface area contributed by atoms with E-state index in [0.29, 0.717) is 12.2 Å². The summed E-state index contributed by atoms with van der Waals surface area (Å²) >= 11 is 0. The molecule has 1 amide bonds. The third-order valence-electron chi connectivity index (χ3n) is 8.97. The number of aryl methyl sites for hydroxylation is 1. The van der Waals surface area contributed by atoms with E-state index in [4.69, 9.17) is 4.79 Å². The van der Waals surface area contributed by atoms with Crippen molar-refractivity contribution in [3.63, 3.8) is 0 Å². The number of carbonyl (C=O) groups is 2. The lowest BCUT2D eigenvalue weighted by Crippen LogP contribution is -2.28. The minimum atomic E-state index is 0.250. The van der Waals surface area contributed by atoms with Gasteiger partial charge in [0.1, 0.15) is 11.6 Å². The van der Waals surface area contributed by atoms with Crippen LogP contribution in [0.4, 0.5) is 0 Å². The molecule has 6 rings (SSSR count). The molecule has 1 saturated heterocycles. The number of ketones is 1. The maximum Gasteiger partial charge on any atom is 0.204 e. The Hall–Kier alpha value is -2.47. The first-order valence-electron chi connectivity index (χ1n) is 14.6. The standard InChI is InChI=1S/C23H30N2O.C7H13N.CH3NO/c1-2-19(26)7-5-3-4-6-8-23-24-15-22(25-23)18-11-12-20-16-9-10-17(13-16)21(20)14-18;1-2-7(1)3-5-8-6-4-7;2-1-3/h11-12,14-17H,2-10,13H2,1H3,(H,24,25);8H,1-6H2;1H,(H2,2,3). The molecule has 1 aliphatic heterocycles. The van der Waals surface area contributed by atoms with Crippen LogP contribution >= 0.6 is 0 Å². The summed E-state index contributed by atoms with van der Waals surface area (Å²) in [7, 11) is 0. The van der Waals surface area contributed by atoms with Crippen molar-refractivity contribution in [1.29, 1.82) is 0 Å². The number of imidazole rings is 1. The molecule has 2 bridgehead atoms. The highest BCUT2D eigenvalue weighted by Crippen LogP contribution is 2.53. The fourth-order valence-electron chi connectivity index (χ4n) is 6.43. The van der Waals surface area contributed by atoms with Gasteiger partial charge in [0.25, 0.3) is 0 Å². The van der Waals surface area contributed by atoms with Crippen molar-refractivity contribution in [3.8, 4) is 11.3 Å². The van der Waals surface area contributed by atoms with Gasteiger partial charge in [-0.15, -0.1) is 0 Å². The smallest absolute Gasteiger partial charge is 0.204 e. The highest BCUT2D eigenvalue weighted by molar-refractivity contribution is 5.77. The van der Waals surface area contributed by atoms with Crippen LogP contribution in [0.5, 0.6) is 0 Å². The van der Waals surface area contributed by atoms with Crippen molar-refractivity contribution in [2.24, 2.45) is 11.1 Å². The van der Waals surface area contributed by atoms with Crippen LogP contribution in [-0.2, 0) is 16.0 Å². The molecule has 1 aromatic carbocycles. The Kier molecular flexibility index (Phi) is 9.95. The van der Waals surface area contributed by atoms with Crippen LogP contribution in [0.2, 0.25) is 0 Å². The van der Waals surface area contributed by atoms with Gasteiger partial charge in [-0.2, -0.15) is 0 Å². The fraction of sp³-hybridized carbons (Fsp3) is 0.645. The molecule has 2 unspecified atom stereocenters. The summed E-state index contributed by atoms with van der Waals surface area (Å²) in [5, 5.41) is 3.38. The second kappa shape index (κ2) is 13.4. The van der Waals surface area contributed by atoms with Crippen molar-refractivity contribution in [2.75, 3.05) is 13.1 Å². The number of H-pyrrole nitrogens is 1. The van der Waals surface area contributed by atoms with E-state index in [-0.39, 0.29) is 6.41 Å². The molecule has 0 radical (unpaired) electrons. The lowest BCUT2D eigenvalue weighted by atomic mass is 9.90. The Morgan fingerprint density at radius 3 is 2.43 bits per heavy atom. The van der Waals surface area contributed by atoms with Gasteiger partial charge in [-0.3, -0.25) is 9.59 Å². The van der Waals surface area contributed by atoms with E-state index in [0.717, 1.165) is 60.9 Å². The van der Waals surface area contributed by atoms with Gasteiger partial charge in [-0.05, 0) is 111 Å². The van der Waals surface area contributed by atoms with Crippen LogP contribution in [-0.4, -0.2) is 35.3 Å². The third kappa shape index (κ3) is 7.53. The Balaban J connectivity index is 0.000000240. The predicted molar refractivity (Wildman–Crippen MR) is 149 cm³/mol. The zero-order valence-electron chi connectivity index (χ0n) is 22.7. The van der Waals surface area contributed by atoms with Crippen LogP contribution in [0.15, 0.2) is 24.4 Å². The molecule has 1 spiro atoms. The molecule has 3 fully saturated rings. The summed E-state index contributed by atoms with van der Waals surface area (Å²) in [4.78, 5) is 28.0. The van der Waals surface area contributed by atoms with Crippen LogP contribution in [0.25, 0.3) is 11.3 Å². The Labute approximate surface area is 222 Å². The van der Waals surface area contributed by atoms with E-state index < -0.39 is 0 Å². The Morgan fingerprint density at radius 1 is 1.05 bits per heavy atom. The number of rotatable bonds is 9. The molecule has 2 heterocycles. The molecular weight excluding hydrogens is 460 g/mol.